The Labute approximate surface area is 172 Å². The predicted octanol–water partition coefficient (Wildman–Crippen LogP) is 2.40. The van der Waals surface area contributed by atoms with Crippen molar-refractivity contribution < 1.29 is 9.84 Å². The summed E-state index contributed by atoms with van der Waals surface area (Å²) in [5.41, 5.74) is 4.79. The zero-order valence-electron chi connectivity index (χ0n) is 17.6. The van der Waals surface area contributed by atoms with Gasteiger partial charge >= 0.3 is 0 Å². The molecule has 3 heterocycles. The van der Waals surface area contributed by atoms with E-state index in [9.17, 15) is 5.11 Å². The molecule has 1 aromatic heterocycles. The van der Waals surface area contributed by atoms with E-state index in [1.807, 2.05) is 10.9 Å². The normalized spacial score (nSPS) is 24.0. The van der Waals surface area contributed by atoms with Crippen molar-refractivity contribution in [3.05, 3.63) is 24.4 Å². The standard InChI is InChI=1S/C22H31N5O2/c1-21(14-28)12-26(13-21)16-4-5-18(20(8-16)25(2)3)19-11-27(24-23-19)10-17-9-22(6-7-22)15-29-17/h4-5,8,11,17,28H,6-7,9-10,12-15H2,1-3H3. The summed E-state index contributed by atoms with van der Waals surface area (Å²) in [5.74, 6) is 0. The number of aliphatic hydroxyl groups excluding tert-OH is 1. The van der Waals surface area contributed by atoms with Gasteiger partial charge in [-0.15, -0.1) is 5.10 Å². The fourth-order valence-electron chi connectivity index (χ4n) is 4.72. The van der Waals surface area contributed by atoms with Crippen molar-refractivity contribution in [1.82, 2.24) is 15.0 Å². The van der Waals surface area contributed by atoms with E-state index in [4.69, 9.17) is 4.74 Å². The number of benzene rings is 1. The van der Waals surface area contributed by atoms with Crippen molar-refractivity contribution in [2.75, 3.05) is 50.2 Å². The van der Waals surface area contributed by atoms with E-state index in [1.165, 1.54) is 18.5 Å². The number of hydrogen-bond donors (Lipinski definition) is 1. The van der Waals surface area contributed by atoms with Crippen LogP contribution in [0.3, 0.4) is 0 Å². The Morgan fingerprint density at radius 3 is 2.72 bits per heavy atom. The van der Waals surface area contributed by atoms with Gasteiger partial charge in [-0.05, 0) is 42.9 Å². The molecule has 29 heavy (non-hydrogen) atoms. The molecule has 3 fully saturated rings. The lowest BCUT2D eigenvalue weighted by molar-refractivity contribution is 0.0889. The van der Waals surface area contributed by atoms with Gasteiger partial charge in [0.1, 0.15) is 5.69 Å². The average molecular weight is 398 g/mol. The predicted molar refractivity (Wildman–Crippen MR) is 113 cm³/mol. The van der Waals surface area contributed by atoms with E-state index in [1.54, 1.807) is 0 Å². The smallest absolute Gasteiger partial charge is 0.115 e. The van der Waals surface area contributed by atoms with Crippen LogP contribution < -0.4 is 9.80 Å². The largest absolute Gasteiger partial charge is 0.396 e. The van der Waals surface area contributed by atoms with Gasteiger partial charge in [0.05, 0.1) is 32.1 Å². The third kappa shape index (κ3) is 3.51. The second kappa shape index (κ2) is 6.71. The summed E-state index contributed by atoms with van der Waals surface area (Å²) in [5, 5.41) is 18.3. The first kappa shape index (κ1) is 18.9. The number of aliphatic hydroxyl groups is 1. The van der Waals surface area contributed by atoms with Crippen LogP contribution in [0.4, 0.5) is 11.4 Å². The molecular weight excluding hydrogens is 366 g/mol. The molecule has 0 radical (unpaired) electrons. The maximum atomic E-state index is 9.52. The van der Waals surface area contributed by atoms with E-state index >= 15 is 0 Å². The van der Waals surface area contributed by atoms with Crippen LogP contribution in [0, 0.1) is 10.8 Å². The van der Waals surface area contributed by atoms with Crippen LogP contribution in [0.15, 0.2) is 24.4 Å². The van der Waals surface area contributed by atoms with Crippen LogP contribution in [0.2, 0.25) is 0 Å². The lowest BCUT2D eigenvalue weighted by Gasteiger charge is -2.48. The van der Waals surface area contributed by atoms with E-state index in [0.717, 1.165) is 49.6 Å². The highest BCUT2D eigenvalue weighted by Gasteiger charge is 2.49. The molecule has 7 heteroatoms. The summed E-state index contributed by atoms with van der Waals surface area (Å²) in [6, 6.07) is 6.50. The van der Waals surface area contributed by atoms with Crippen molar-refractivity contribution in [2.24, 2.45) is 10.8 Å². The van der Waals surface area contributed by atoms with Crippen molar-refractivity contribution in [1.29, 1.82) is 0 Å². The van der Waals surface area contributed by atoms with Crippen molar-refractivity contribution in [3.8, 4) is 11.3 Å². The van der Waals surface area contributed by atoms with Crippen molar-refractivity contribution >= 4 is 11.4 Å². The molecule has 1 unspecified atom stereocenters. The first-order chi connectivity index (χ1) is 13.9. The molecule has 2 aromatic rings. The van der Waals surface area contributed by atoms with Gasteiger partial charge in [0, 0.05) is 49.5 Å². The Bertz CT molecular complexity index is 898. The molecule has 1 spiro atoms. The molecule has 0 amide bonds. The number of rotatable bonds is 6. The van der Waals surface area contributed by atoms with Gasteiger partial charge in [0.25, 0.3) is 0 Å². The zero-order valence-corrected chi connectivity index (χ0v) is 17.6. The summed E-state index contributed by atoms with van der Waals surface area (Å²) >= 11 is 0. The molecule has 7 nitrogen and oxygen atoms in total. The van der Waals surface area contributed by atoms with Gasteiger partial charge in [-0.25, -0.2) is 4.68 Å². The van der Waals surface area contributed by atoms with Gasteiger partial charge < -0.3 is 19.6 Å². The Morgan fingerprint density at radius 1 is 1.28 bits per heavy atom. The second-order valence-electron chi connectivity index (χ2n) is 9.88. The molecule has 3 aliphatic rings. The van der Waals surface area contributed by atoms with E-state index in [2.05, 4.69) is 59.3 Å². The van der Waals surface area contributed by atoms with Crippen molar-refractivity contribution in [2.45, 2.75) is 38.8 Å². The summed E-state index contributed by atoms with van der Waals surface area (Å²) in [6.45, 7) is 5.82. The summed E-state index contributed by atoms with van der Waals surface area (Å²) in [7, 11) is 4.12. The SMILES string of the molecule is CN(C)c1cc(N2CC(C)(CO)C2)ccc1-c1cn(CC2CC3(CC3)CO2)nn1. The van der Waals surface area contributed by atoms with E-state index < -0.39 is 0 Å². The van der Waals surface area contributed by atoms with Crippen molar-refractivity contribution in [3.63, 3.8) is 0 Å². The molecule has 156 valence electrons. The molecule has 0 bridgehead atoms. The summed E-state index contributed by atoms with van der Waals surface area (Å²) < 4.78 is 7.91. The number of hydrogen-bond acceptors (Lipinski definition) is 6. The molecule has 1 aromatic carbocycles. The number of anilines is 2. The lowest BCUT2D eigenvalue weighted by atomic mass is 9.82. The topological polar surface area (TPSA) is 66.7 Å². The molecule has 1 atom stereocenters. The maximum absolute atomic E-state index is 9.52. The molecule has 1 saturated carbocycles. The average Bonchev–Trinajstić information content (AvgIpc) is 3.09. The lowest BCUT2D eigenvalue weighted by Crippen LogP contribution is -2.56. The Balaban J connectivity index is 1.33. The van der Waals surface area contributed by atoms with Crippen LogP contribution in [-0.2, 0) is 11.3 Å². The minimum Gasteiger partial charge on any atom is -0.396 e. The van der Waals surface area contributed by atoms with Gasteiger partial charge in [-0.1, -0.05) is 12.1 Å². The monoisotopic (exact) mass is 397 g/mol. The maximum Gasteiger partial charge on any atom is 0.115 e. The first-order valence-electron chi connectivity index (χ1n) is 10.6. The van der Waals surface area contributed by atoms with Gasteiger partial charge in [0.15, 0.2) is 0 Å². The molecule has 1 aliphatic carbocycles. The Hall–Kier alpha value is -2.12. The molecule has 1 N–H and O–H groups in total. The van der Waals surface area contributed by atoms with Gasteiger partial charge in [-0.3, -0.25) is 0 Å². The number of nitrogens with zero attached hydrogens (tertiary/aromatic N) is 5. The minimum absolute atomic E-state index is 0.0149. The molecule has 2 saturated heterocycles. The number of ether oxygens (including phenoxy) is 1. The fourth-order valence-corrected chi connectivity index (χ4v) is 4.72. The number of aromatic nitrogens is 3. The highest BCUT2D eigenvalue weighted by molar-refractivity contribution is 5.79. The highest BCUT2D eigenvalue weighted by Crippen LogP contribution is 2.54. The summed E-state index contributed by atoms with van der Waals surface area (Å²) in [4.78, 5) is 4.44. The Kier molecular flexibility index (Phi) is 4.37. The van der Waals surface area contributed by atoms with Crippen LogP contribution >= 0.6 is 0 Å². The third-order valence-corrected chi connectivity index (χ3v) is 6.80. The van der Waals surface area contributed by atoms with Crippen LogP contribution in [0.1, 0.15) is 26.2 Å². The highest BCUT2D eigenvalue weighted by atomic mass is 16.5. The van der Waals surface area contributed by atoms with Crippen LogP contribution in [0.5, 0.6) is 0 Å². The minimum atomic E-state index is 0.0149. The quantitative estimate of drug-likeness (QED) is 0.807. The fraction of sp³-hybridized carbons (Fsp3) is 0.636. The van der Waals surface area contributed by atoms with E-state index in [-0.39, 0.29) is 18.1 Å². The molecule has 5 rings (SSSR count). The first-order valence-corrected chi connectivity index (χ1v) is 10.6. The van der Waals surface area contributed by atoms with Crippen LogP contribution in [0.25, 0.3) is 11.3 Å². The Morgan fingerprint density at radius 2 is 2.07 bits per heavy atom. The van der Waals surface area contributed by atoms with Crippen LogP contribution in [-0.4, -0.2) is 66.6 Å². The van der Waals surface area contributed by atoms with Gasteiger partial charge in [0.2, 0.25) is 0 Å². The molecule has 2 aliphatic heterocycles. The third-order valence-electron chi connectivity index (χ3n) is 6.80. The summed E-state index contributed by atoms with van der Waals surface area (Å²) in [6.07, 6.45) is 6.09. The van der Waals surface area contributed by atoms with Gasteiger partial charge in [-0.2, -0.15) is 0 Å². The zero-order chi connectivity index (χ0) is 20.2. The molecular formula is C22H31N5O2. The second-order valence-corrected chi connectivity index (χ2v) is 9.88. The van der Waals surface area contributed by atoms with E-state index in [0.29, 0.717) is 5.41 Å².